The van der Waals surface area contributed by atoms with E-state index in [4.69, 9.17) is 17.0 Å². The second-order valence-electron chi connectivity index (χ2n) is 5.70. The highest BCUT2D eigenvalue weighted by Gasteiger charge is 2.03. The third kappa shape index (κ3) is 4.34. The van der Waals surface area contributed by atoms with Crippen molar-refractivity contribution >= 4 is 39.5 Å². The van der Waals surface area contributed by atoms with Crippen molar-refractivity contribution < 1.29 is 9.13 Å². The van der Waals surface area contributed by atoms with Crippen molar-refractivity contribution in [2.24, 2.45) is 5.10 Å². The van der Waals surface area contributed by atoms with Crippen molar-refractivity contribution in [2.75, 3.05) is 12.4 Å². The zero-order chi connectivity index (χ0) is 18.5. The minimum absolute atomic E-state index is 0.294. The number of nitrogens with zero attached hydrogens (tertiary/aromatic N) is 1. The highest BCUT2D eigenvalue weighted by molar-refractivity contribution is 7.80. The Bertz CT molecular complexity index is 970. The lowest BCUT2D eigenvalue weighted by Crippen LogP contribution is -2.24. The summed E-state index contributed by atoms with van der Waals surface area (Å²) in [5, 5.41) is 9.80. The maximum Gasteiger partial charge on any atom is 0.191 e. The van der Waals surface area contributed by atoms with Crippen LogP contribution in [0.4, 0.5) is 10.1 Å². The first-order chi connectivity index (χ1) is 12.5. The summed E-state index contributed by atoms with van der Waals surface area (Å²) in [6, 6.07) is 18.0. The van der Waals surface area contributed by atoms with Crippen LogP contribution in [0.15, 0.2) is 65.8 Å². The monoisotopic (exact) mass is 367 g/mol. The number of hydrogen-bond acceptors (Lipinski definition) is 3. The van der Waals surface area contributed by atoms with Gasteiger partial charge in [-0.1, -0.05) is 18.2 Å². The van der Waals surface area contributed by atoms with Gasteiger partial charge in [-0.3, -0.25) is 5.43 Å². The van der Waals surface area contributed by atoms with E-state index in [-0.39, 0.29) is 5.82 Å². The molecule has 0 radical (unpaired) electrons. The van der Waals surface area contributed by atoms with Gasteiger partial charge in [-0.25, -0.2) is 4.39 Å². The van der Waals surface area contributed by atoms with Crippen molar-refractivity contribution in [3.63, 3.8) is 0 Å². The molecule has 3 rings (SSSR count). The number of methoxy groups -OCH3 is 1. The molecule has 0 fully saturated rings. The molecule has 0 amide bonds. The van der Waals surface area contributed by atoms with Crippen LogP contribution in [0.5, 0.6) is 5.75 Å². The van der Waals surface area contributed by atoms with E-state index in [9.17, 15) is 4.39 Å². The molecule has 132 valence electrons. The molecular formula is C20H18FN3OS. The Balaban J connectivity index is 1.69. The molecule has 0 heterocycles. The summed E-state index contributed by atoms with van der Waals surface area (Å²) < 4.78 is 18.2. The van der Waals surface area contributed by atoms with E-state index >= 15 is 0 Å². The number of thiocarbonyl (C=S) groups is 1. The first kappa shape index (κ1) is 17.8. The molecule has 0 saturated heterocycles. The first-order valence-electron chi connectivity index (χ1n) is 8.00. The summed E-state index contributed by atoms with van der Waals surface area (Å²) in [5.74, 6) is 0.534. The summed E-state index contributed by atoms with van der Waals surface area (Å²) in [6.45, 7) is 1.90. The normalized spacial score (nSPS) is 11.3. The fourth-order valence-electron chi connectivity index (χ4n) is 2.47. The van der Waals surface area contributed by atoms with Gasteiger partial charge in [0, 0.05) is 5.69 Å². The Hall–Kier alpha value is -2.99. The van der Waals surface area contributed by atoms with Crippen molar-refractivity contribution in [2.45, 2.75) is 6.92 Å². The Labute approximate surface area is 156 Å². The summed E-state index contributed by atoms with van der Waals surface area (Å²) >= 11 is 5.20. The van der Waals surface area contributed by atoms with Gasteiger partial charge in [-0.05, 0) is 77.9 Å². The van der Waals surface area contributed by atoms with Gasteiger partial charge in [0.2, 0.25) is 0 Å². The lowest BCUT2D eigenvalue weighted by molar-refractivity contribution is 0.415. The van der Waals surface area contributed by atoms with E-state index in [2.05, 4.69) is 21.9 Å². The molecule has 0 aliphatic carbocycles. The lowest BCUT2D eigenvalue weighted by atomic mass is 10.0. The molecule has 0 saturated carbocycles. The Kier molecular flexibility index (Phi) is 5.43. The SMILES string of the molecule is COc1ccc2cc(C(C)=NNC(=S)Nc3ccc(F)cc3)ccc2c1. The molecule has 2 N–H and O–H groups in total. The van der Waals surface area contributed by atoms with Crippen LogP contribution in [0.3, 0.4) is 0 Å². The van der Waals surface area contributed by atoms with Gasteiger partial charge in [-0.15, -0.1) is 0 Å². The van der Waals surface area contributed by atoms with Gasteiger partial charge in [-0.2, -0.15) is 5.10 Å². The van der Waals surface area contributed by atoms with Gasteiger partial charge in [0.25, 0.3) is 0 Å². The van der Waals surface area contributed by atoms with Crippen LogP contribution >= 0.6 is 12.2 Å². The zero-order valence-electron chi connectivity index (χ0n) is 14.4. The van der Waals surface area contributed by atoms with E-state index in [1.165, 1.54) is 12.1 Å². The van der Waals surface area contributed by atoms with Crippen molar-refractivity contribution in [1.29, 1.82) is 0 Å². The predicted octanol–water partition coefficient (Wildman–Crippen LogP) is 4.70. The molecule has 3 aromatic rings. The fraction of sp³-hybridized carbons (Fsp3) is 0.100. The van der Waals surface area contributed by atoms with Crippen LogP contribution in [-0.4, -0.2) is 17.9 Å². The van der Waals surface area contributed by atoms with E-state index < -0.39 is 0 Å². The Morgan fingerprint density at radius 3 is 2.42 bits per heavy atom. The van der Waals surface area contributed by atoms with Crippen LogP contribution in [0, 0.1) is 5.82 Å². The number of benzene rings is 3. The van der Waals surface area contributed by atoms with Crippen molar-refractivity contribution in [3.8, 4) is 5.75 Å². The Morgan fingerprint density at radius 1 is 1.00 bits per heavy atom. The molecule has 0 aliphatic heterocycles. The fourth-order valence-corrected chi connectivity index (χ4v) is 2.63. The number of hydrazone groups is 1. The number of halogens is 1. The molecule has 3 aromatic carbocycles. The summed E-state index contributed by atoms with van der Waals surface area (Å²) in [5.41, 5.74) is 5.28. The van der Waals surface area contributed by atoms with Crippen LogP contribution in [-0.2, 0) is 0 Å². The van der Waals surface area contributed by atoms with Crippen molar-refractivity contribution in [1.82, 2.24) is 5.43 Å². The standard InChI is InChI=1S/C20H18FN3OS/c1-13(23-24-20(26)22-18-8-6-17(21)7-9-18)14-3-4-16-12-19(25-2)10-5-15(16)11-14/h3-12H,1-2H3,(H2,22,24,26). The number of anilines is 1. The number of nitrogens with one attached hydrogen (secondary N) is 2. The molecule has 0 aliphatic rings. The van der Waals surface area contributed by atoms with E-state index in [0.29, 0.717) is 10.8 Å². The molecule has 26 heavy (non-hydrogen) atoms. The molecule has 0 spiro atoms. The van der Waals surface area contributed by atoms with E-state index in [0.717, 1.165) is 27.8 Å². The van der Waals surface area contributed by atoms with Gasteiger partial charge < -0.3 is 10.1 Å². The molecule has 4 nitrogen and oxygen atoms in total. The second-order valence-corrected chi connectivity index (χ2v) is 6.11. The summed E-state index contributed by atoms with van der Waals surface area (Å²) in [4.78, 5) is 0. The van der Waals surface area contributed by atoms with Crippen LogP contribution in [0.1, 0.15) is 12.5 Å². The molecule has 0 atom stereocenters. The number of fused-ring (bicyclic) bond motifs is 1. The Morgan fingerprint density at radius 2 is 1.69 bits per heavy atom. The van der Waals surface area contributed by atoms with Crippen LogP contribution in [0.2, 0.25) is 0 Å². The minimum atomic E-state index is -0.294. The molecular weight excluding hydrogens is 349 g/mol. The molecule has 0 bridgehead atoms. The van der Waals surface area contributed by atoms with Gasteiger partial charge in [0.15, 0.2) is 5.11 Å². The highest BCUT2D eigenvalue weighted by Crippen LogP contribution is 2.22. The van der Waals surface area contributed by atoms with Gasteiger partial charge in [0.05, 0.1) is 12.8 Å². The minimum Gasteiger partial charge on any atom is -0.497 e. The number of rotatable bonds is 4. The number of hydrogen-bond donors (Lipinski definition) is 2. The predicted molar refractivity (Wildman–Crippen MR) is 108 cm³/mol. The molecule has 6 heteroatoms. The third-order valence-corrected chi connectivity index (χ3v) is 4.09. The summed E-state index contributed by atoms with van der Waals surface area (Å²) in [7, 11) is 1.65. The largest absolute Gasteiger partial charge is 0.497 e. The molecule has 0 aromatic heterocycles. The zero-order valence-corrected chi connectivity index (χ0v) is 15.2. The lowest BCUT2D eigenvalue weighted by Gasteiger charge is -2.09. The smallest absolute Gasteiger partial charge is 0.191 e. The van der Waals surface area contributed by atoms with Gasteiger partial charge >= 0.3 is 0 Å². The van der Waals surface area contributed by atoms with Gasteiger partial charge in [0.1, 0.15) is 11.6 Å². The number of ether oxygens (including phenoxy) is 1. The maximum absolute atomic E-state index is 12.9. The quantitative estimate of drug-likeness (QED) is 0.399. The topological polar surface area (TPSA) is 45.6 Å². The van der Waals surface area contributed by atoms with Crippen LogP contribution < -0.4 is 15.5 Å². The maximum atomic E-state index is 12.9. The first-order valence-corrected chi connectivity index (χ1v) is 8.41. The van der Waals surface area contributed by atoms with E-state index in [1.54, 1.807) is 19.2 Å². The average molecular weight is 367 g/mol. The average Bonchev–Trinajstić information content (AvgIpc) is 2.67. The molecule has 0 unspecified atom stereocenters. The second kappa shape index (κ2) is 7.93. The van der Waals surface area contributed by atoms with Crippen LogP contribution in [0.25, 0.3) is 10.8 Å². The summed E-state index contributed by atoms with van der Waals surface area (Å²) in [6.07, 6.45) is 0. The van der Waals surface area contributed by atoms with Crippen molar-refractivity contribution in [3.05, 3.63) is 72.0 Å². The third-order valence-electron chi connectivity index (χ3n) is 3.89. The van der Waals surface area contributed by atoms with E-state index in [1.807, 2.05) is 37.3 Å². The highest BCUT2D eigenvalue weighted by atomic mass is 32.1.